The SMILES string of the molecule is Brc1cnc(C2CCCCN2)s1. The molecule has 1 aromatic heterocycles. The van der Waals surface area contributed by atoms with Gasteiger partial charge in [-0.25, -0.2) is 4.98 Å². The van der Waals surface area contributed by atoms with Crippen molar-refractivity contribution in [3.8, 4) is 0 Å². The van der Waals surface area contributed by atoms with Gasteiger partial charge in [-0.05, 0) is 35.3 Å². The summed E-state index contributed by atoms with van der Waals surface area (Å²) in [5, 5.41) is 4.70. The van der Waals surface area contributed by atoms with Crippen molar-refractivity contribution >= 4 is 27.3 Å². The van der Waals surface area contributed by atoms with Crippen LogP contribution < -0.4 is 5.32 Å². The molecular formula is C8H11BrN2S. The number of hydrogen-bond donors (Lipinski definition) is 1. The number of thiazole rings is 1. The molecule has 1 aliphatic heterocycles. The number of aromatic nitrogens is 1. The van der Waals surface area contributed by atoms with E-state index in [-0.39, 0.29) is 0 Å². The first-order chi connectivity index (χ1) is 5.86. The van der Waals surface area contributed by atoms with Crippen molar-refractivity contribution in [3.63, 3.8) is 0 Å². The Bertz CT molecular complexity index is 255. The van der Waals surface area contributed by atoms with E-state index in [0.29, 0.717) is 6.04 Å². The summed E-state index contributed by atoms with van der Waals surface area (Å²) < 4.78 is 1.13. The van der Waals surface area contributed by atoms with Crippen molar-refractivity contribution in [2.75, 3.05) is 6.54 Å². The highest BCUT2D eigenvalue weighted by Gasteiger charge is 2.17. The van der Waals surface area contributed by atoms with Crippen LogP contribution in [-0.4, -0.2) is 11.5 Å². The molecule has 0 radical (unpaired) electrons. The Balaban J connectivity index is 2.08. The molecule has 12 heavy (non-hydrogen) atoms. The molecule has 0 amide bonds. The van der Waals surface area contributed by atoms with Gasteiger partial charge in [-0.1, -0.05) is 6.42 Å². The third-order valence-corrected chi connectivity index (χ3v) is 3.69. The smallest absolute Gasteiger partial charge is 0.111 e. The molecule has 1 atom stereocenters. The molecule has 0 spiro atoms. The second-order valence-corrected chi connectivity index (χ2v) is 5.45. The highest BCUT2D eigenvalue weighted by Crippen LogP contribution is 2.28. The first kappa shape index (κ1) is 8.66. The van der Waals surface area contributed by atoms with Gasteiger partial charge in [0.2, 0.25) is 0 Å². The summed E-state index contributed by atoms with van der Waals surface area (Å²) >= 11 is 5.16. The van der Waals surface area contributed by atoms with Crippen LogP contribution in [0.3, 0.4) is 0 Å². The monoisotopic (exact) mass is 246 g/mol. The maximum absolute atomic E-state index is 4.35. The molecule has 0 saturated carbocycles. The van der Waals surface area contributed by atoms with Gasteiger partial charge in [0.05, 0.1) is 16.0 Å². The van der Waals surface area contributed by atoms with Gasteiger partial charge < -0.3 is 5.32 Å². The molecule has 1 saturated heterocycles. The zero-order valence-corrected chi connectivity index (χ0v) is 9.12. The molecule has 66 valence electrons. The Labute approximate surface area is 84.5 Å². The minimum atomic E-state index is 0.509. The van der Waals surface area contributed by atoms with E-state index >= 15 is 0 Å². The van der Waals surface area contributed by atoms with E-state index in [1.807, 2.05) is 6.20 Å². The van der Waals surface area contributed by atoms with E-state index in [2.05, 4.69) is 26.2 Å². The zero-order chi connectivity index (χ0) is 8.39. The predicted octanol–water partition coefficient (Wildman–Crippen LogP) is 2.72. The summed E-state index contributed by atoms with van der Waals surface area (Å²) in [6.45, 7) is 1.14. The average molecular weight is 247 g/mol. The molecule has 1 aromatic rings. The van der Waals surface area contributed by atoms with Crippen LogP contribution in [0.1, 0.15) is 30.3 Å². The molecule has 1 aliphatic rings. The molecule has 0 aliphatic carbocycles. The molecule has 1 fully saturated rings. The number of rotatable bonds is 1. The third kappa shape index (κ3) is 1.87. The predicted molar refractivity (Wildman–Crippen MR) is 54.4 cm³/mol. The Morgan fingerprint density at radius 1 is 1.58 bits per heavy atom. The van der Waals surface area contributed by atoms with Gasteiger partial charge in [0.15, 0.2) is 0 Å². The molecule has 4 heteroatoms. The van der Waals surface area contributed by atoms with E-state index in [1.165, 1.54) is 24.3 Å². The van der Waals surface area contributed by atoms with Crippen molar-refractivity contribution in [2.24, 2.45) is 0 Å². The minimum absolute atomic E-state index is 0.509. The molecule has 2 heterocycles. The van der Waals surface area contributed by atoms with Gasteiger partial charge in [-0.15, -0.1) is 11.3 Å². The lowest BCUT2D eigenvalue weighted by molar-refractivity contribution is 0.411. The van der Waals surface area contributed by atoms with E-state index in [4.69, 9.17) is 0 Å². The maximum atomic E-state index is 4.35. The van der Waals surface area contributed by atoms with E-state index in [1.54, 1.807) is 11.3 Å². The number of halogens is 1. The Kier molecular flexibility index (Phi) is 2.78. The van der Waals surface area contributed by atoms with Crippen LogP contribution in [0.4, 0.5) is 0 Å². The summed E-state index contributed by atoms with van der Waals surface area (Å²) in [5.41, 5.74) is 0. The minimum Gasteiger partial charge on any atom is -0.308 e. The highest BCUT2D eigenvalue weighted by atomic mass is 79.9. The van der Waals surface area contributed by atoms with E-state index in [0.717, 1.165) is 10.3 Å². The maximum Gasteiger partial charge on any atom is 0.111 e. The fourth-order valence-electron chi connectivity index (χ4n) is 1.49. The Morgan fingerprint density at radius 2 is 2.50 bits per heavy atom. The zero-order valence-electron chi connectivity index (χ0n) is 6.72. The highest BCUT2D eigenvalue weighted by molar-refractivity contribution is 9.11. The summed E-state index contributed by atoms with van der Waals surface area (Å²) in [4.78, 5) is 4.35. The first-order valence-corrected chi connectivity index (χ1v) is 5.82. The van der Waals surface area contributed by atoms with Gasteiger partial charge >= 0.3 is 0 Å². The van der Waals surface area contributed by atoms with Crippen LogP contribution in [0.2, 0.25) is 0 Å². The van der Waals surface area contributed by atoms with Crippen molar-refractivity contribution in [2.45, 2.75) is 25.3 Å². The molecular weight excluding hydrogens is 236 g/mol. The summed E-state index contributed by atoms with van der Waals surface area (Å²) in [7, 11) is 0. The Hall–Kier alpha value is 0.0700. The first-order valence-electron chi connectivity index (χ1n) is 4.21. The van der Waals surface area contributed by atoms with E-state index in [9.17, 15) is 0 Å². The second-order valence-electron chi connectivity index (χ2n) is 3.01. The molecule has 2 nitrogen and oxygen atoms in total. The molecule has 1 unspecified atom stereocenters. The van der Waals surface area contributed by atoms with Crippen molar-refractivity contribution < 1.29 is 0 Å². The number of nitrogens with zero attached hydrogens (tertiary/aromatic N) is 1. The topological polar surface area (TPSA) is 24.9 Å². The van der Waals surface area contributed by atoms with Crippen LogP contribution in [0, 0.1) is 0 Å². The normalized spacial score (nSPS) is 24.2. The molecule has 2 rings (SSSR count). The fraction of sp³-hybridized carbons (Fsp3) is 0.625. The average Bonchev–Trinajstić information content (AvgIpc) is 2.54. The lowest BCUT2D eigenvalue weighted by Gasteiger charge is -2.20. The summed E-state index contributed by atoms with van der Waals surface area (Å²) in [6.07, 6.45) is 5.76. The van der Waals surface area contributed by atoms with Gasteiger partial charge in [-0.2, -0.15) is 0 Å². The molecule has 0 bridgehead atoms. The molecule has 0 aromatic carbocycles. The van der Waals surface area contributed by atoms with E-state index < -0.39 is 0 Å². The van der Waals surface area contributed by atoms with Gasteiger partial charge in [0.1, 0.15) is 5.01 Å². The van der Waals surface area contributed by atoms with Crippen molar-refractivity contribution in [1.82, 2.24) is 10.3 Å². The molecule has 1 N–H and O–H groups in total. The largest absolute Gasteiger partial charge is 0.308 e. The standard InChI is InChI=1S/C8H11BrN2S/c9-7-5-11-8(12-7)6-3-1-2-4-10-6/h5-6,10H,1-4H2. The number of hydrogen-bond acceptors (Lipinski definition) is 3. The van der Waals surface area contributed by atoms with Crippen LogP contribution in [0.15, 0.2) is 9.98 Å². The van der Waals surface area contributed by atoms with Gasteiger partial charge in [0, 0.05) is 0 Å². The number of nitrogens with one attached hydrogen (secondary N) is 1. The third-order valence-electron chi connectivity index (χ3n) is 2.10. The number of piperidine rings is 1. The summed E-state index contributed by atoms with van der Waals surface area (Å²) in [6, 6.07) is 0.509. The van der Waals surface area contributed by atoms with Gasteiger partial charge in [-0.3, -0.25) is 0 Å². The van der Waals surface area contributed by atoms with Gasteiger partial charge in [0.25, 0.3) is 0 Å². The second kappa shape index (κ2) is 3.85. The van der Waals surface area contributed by atoms with Crippen LogP contribution >= 0.6 is 27.3 Å². The quantitative estimate of drug-likeness (QED) is 0.825. The lowest BCUT2D eigenvalue weighted by Crippen LogP contribution is -2.26. The summed E-state index contributed by atoms with van der Waals surface area (Å²) in [5.74, 6) is 0. The fourth-order valence-corrected chi connectivity index (χ4v) is 2.84. The van der Waals surface area contributed by atoms with Crippen LogP contribution in [-0.2, 0) is 0 Å². The van der Waals surface area contributed by atoms with Crippen LogP contribution in [0.5, 0.6) is 0 Å². The van der Waals surface area contributed by atoms with Crippen molar-refractivity contribution in [3.05, 3.63) is 15.0 Å². The van der Waals surface area contributed by atoms with Crippen LogP contribution in [0.25, 0.3) is 0 Å². The Morgan fingerprint density at radius 3 is 3.08 bits per heavy atom. The lowest BCUT2D eigenvalue weighted by atomic mass is 10.1. The van der Waals surface area contributed by atoms with Crippen molar-refractivity contribution in [1.29, 1.82) is 0 Å².